The van der Waals surface area contributed by atoms with Crippen LogP contribution in [0.4, 0.5) is 11.5 Å². The Hall–Kier alpha value is -1.69. The second kappa shape index (κ2) is 5.52. The van der Waals surface area contributed by atoms with Gasteiger partial charge in [-0.2, -0.15) is 0 Å². The van der Waals surface area contributed by atoms with Gasteiger partial charge in [-0.05, 0) is 19.8 Å². The van der Waals surface area contributed by atoms with E-state index in [2.05, 4.69) is 4.98 Å². The lowest BCUT2D eigenvalue weighted by atomic mass is 9.94. The zero-order valence-corrected chi connectivity index (χ0v) is 11.3. The maximum Gasteiger partial charge on any atom is 0.313 e. The smallest absolute Gasteiger partial charge is 0.313 e. The fourth-order valence-electron chi connectivity index (χ4n) is 2.30. The van der Waals surface area contributed by atoms with Crippen LogP contribution in [0.2, 0.25) is 5.02 Å². The Morgan fingerprint density at radius 3 is 3.00 bits per heavy atom. The molecule has 0 saturated carbocycles. The first kappa shape index (κ1) is 13.7. The molecule has 1 aromatic heterocycles. The molecule has 0 aromatic carbocycles. The van der Waals surface area contributed by atoms with Crippen molar-refractivity contribution < 1.29 is 9.72 Å². The number of anilines is 1. The molecule has 1 aromatic rings. The summed E-state index contributed by atoms with van der Waals surface area (Å²) in [6, 6.07) is 1.29. The molecule has 102 valence electrons. The van der Waals surface area contributed by atoms with Gasteiger partial charge in [0, 0.05) is 31.3 Å². The molecule has 2 rings (SSSR count). The first-order valence-electron chi connectivity index (χ1n) is 6.04. The minimum absolute atomic E-state index is 0.0779. The number of hydrogen-bond donors (Lipinski definition) is 0. The predicted octanol–water partition coefficient (Wildman–Crippen LogP) is 2.45. The molecule has 0 radical (unpaired) electrons. The Labute approximate surface area is 115 Å². The van der Waals surface area contributed by atoms with E-state index in [4.69, 9.17) is 11.6 Å². The quantitative estimate of drug-likeness (QED) is 0.629. The molecule has 0 bridgehead atoms. The Morgan fingerprint density at radius 2 is 2.37 bits per heavy atom. The Bertz CT molecular complexity index is 521. The van der Waals surface area contributed by atoms with Crippen LogP contribution in [0, 0.1) is 16.0 Å². The zero-order valence-electron chi connectivity index (χ0n) is 10.5. The van der Waals surface area contributed by atoms with Gasteiger partial charge in [-0.25, -0.2) is 4.98 Å². The van der Waals surface area contributed by atoms with Crippen LogP contribution in [0.3, 0.4) is 0 Å². The fourth-order valence-corrected chi connectivity index (χ4v) is 2.45. The van der Waals surface area contributed by atoms with Crippen molar-refractivity contribution in [3.05, 3.63) is 27.4 Å². The highest BCUT2D eigenvalue weighted by Gasteiger charge is 2.28. The van der Waals surface area contributed by atoms with Gasteiger partial charge in [0.1, 0.15) is 5.78 Å². The van der Waals surface area contributed by atoms with Crippen molar-refractivity contribution in [2.24, 2.45) is 5.92 Å². The minimum Gasteiger partial charge on any atom is -0.350 e. The van der Waals surface area contributed by atoms with Crippen LogP contribution in [0.15, 0.2) is 12.3 Å². The summed E-state index contributed by atoms with van der Waals surface area (Å²) in [5.74, 6) is 0.326. The van der Waals surface area contributed by atoms with Gasteiger partial charge in [0.2, 0.25) is 5.82 Å². The monoisotopic (exact) mass is 283 g/mol. The second-order valence-corrected chi connectivity index (χ2v) is 5.09. The van der Waals surface area contributed by atoms with Crippen LogP contribution >= 0.6 is 11.6 Å². The molecule has 1 fully saturated rings. The van der Waals surface area contributed by atoms with E-state index in [-0.39, 0.29) is 22.4 Å². The summed E-state index contributed by atoms with van der Waals surface area (Å²) >= 11 is 5.74. The number of ketones is 1. The van der Waals surface area contributed by atoms with E-state index in [0.29, 0.717) is 18.9 Å². The molecule has 0 aliphatic carbocycles. The molecule has 19 heavy (non-hydrogen) atoms. The number of rotatable bonds is 3. The highest BCUT2D eigenvalue weighted by Crippen LogP contribution is 2.31. The molecule has 1 atom stereocenters. The van der Waals surface area contributed by atoms with Gasteiger partial charge in [0.25, 0.3) is 0 Å². The molecule has 6 nitrogen and oxygen atoms in total. The Morgan fingerprint density at radius 1 is 1.63 bits per heavy atom. The number of nitro groups is 1. The summed E-state index contributed by atoms with van der Waals surface area (Å²) in [6.45, 7) is 2.70. The first-order valence-corrected chi connectivity index (χ1v) is 6.42. The molecule has 7 heteroatoms. The summed E-state index contributed by atoms with van der Waals surface area (Å²) in [7, 11) is 0. The van der Waals surface area contributed by atoms with Crippen LogP contribution in [0.1, 0.15) is 19.8 Å². The third-order valence-electron chi connectivity index (χ3n) is 3.31. The molecule has 2 heterocycles. The lowest BCUT2D eigenvalue weighted by Gasteiger charge is -2.31. The standard InChI is InChI=1S/C12H14ClN3O3/c1-8(17)9-3-2-4-15(7-9)12-11(16(18)19)5-10(13)6-14-12/h5-6,9H,2-4,7H2,1H3. The molecule has 1 aliphatic heterocycles. The van der Waals surface area contributed by atoms with Gasteiger partial charge in [0.05, 0.1) is 9.95 Å². The summed E-state index contributed by atoms with van der Waals surface area (Å²) in [4.78, 5) is 27.9. The van der Waals surface area contributed by atoms with E-state index in [0.717, 1.165) is 12.8 Å². The Kier molecular flexibility index (Phi) is 3.99. The molecular weight excluding hydrogens is 270 g/mol. The zero-order chi connectivity index (χ0) is 14.0. The number of carbonyl (C=O) groups is 1. The van der Waals surface area contributed by atoms with E-state index in [1.807, 2.05) is 0 Å². The van der Waals surface area contributed by atoms with Crippen molar-refractivity contribution in [3.8, 4) is 0 Å². The minimum atomic E-state index is -0.494. The molecule has 0 amide bonds. The van der Waals surface area contributed by atoms with Crippen LogP contribution < -0.4 is 4.90 Å². The SMILES string of the molecule is CC(=O)C1CCCN(c2ncc(Cl)cc2[N+](=O)[O-])C1. The summed E-state index contributed by atoms with van der Waals surface area (Å²) < 4.78 is 0. The topological polar surface area (TPSA) is 76.3 Å². The predicted molar refractivity (Wildman–Crippen MR) is 71.5 cm³/mol. The average molecular weight is 284 g/mol. The maximum atomic E-state index is 11.4. The third kappa shape index (κ3) is 3.01. The Balaban J connectivity index is 2.30. The van der Waals surface area contributed by atoms with Crippen molar-refractivity contribution in [2.45, 2.75) is 19.8 Å². The number of carbonyl (C=O) groups excluding carboxylic acids is 1. The van der Waals surface area contributed by atoms with Crippen molar-refractivity contribution in [1.29, 1.82) is 0 Å². The lowest BCUT2D eigenvalue weighted by Crippen LogP contribution is -2.38. The molecule has 0 spiro atoms. The molecule has 1 aliphatic rings. The van der Waals surface area contributed by atoms with Crippen LogP contribution in [-0.4, -0.2) is 28.8 Å². The van der Waals surface area contributed by atoms with Gasteiger partial charge in [-0.1, -0.05) is 11.6 Å². The highest BCUT2D eigenvalue weighted by atomic mass is 35.5. The highest BCUT2D eigenvalue weighted by molar-refractivity contribution is 6.30. The molecule has 1 saturated heterocycles. The van der Waals surface area contributed by atoms with Crippen molar-refractivity contribution in [1.82, 2.24) is 4.98 Å². The molecule has 0 N–H and O–H groups in total. The van der Waals surface area contributed by atoms with Gasteiger partial charge in [0.15, 0.2) is 0 Å². The third-order valence-corrected chi connectivity index (χ3v) is 3.51. The summed E-state index contributed by atoms with van der Waals surface area (Å²) in [6.07, 6.45) is 3.04. The van der Waals surface area contributed by atoms with E-state index < -0.39 is 4.92 Å². The number of halogens is 1. The second-order valence-electron chi connectivity index (χ2n) is 4.65. The number of hydrogen-bond acceptors (Lipinski definition) is 5. The molecule has 1 unspecified atom stereocenters. The van der Waals surface area contributed by atoms with Crippen LogP contribution in [-0.2, 0) is 4.79 Å². The van der Waals surface area contributed by atoms with Crippen molar-refractivity contribution in [3.63, 3.8) is 0 Å². The maximum absolute atomic E-state index is 11.4. The van der Waals surface area contributed by atoms with E-state index in [1.165, 1.54) is 12.3 Å². The summed E-state index contributed by atoms with van der Waals surface area (Å²) in [5, 5.41) is 11.3. The van der Waals surface area contributed by atoms with Crippen LogP contribution in [0.5, 0.6) is 0 Å². The number of pyridine rings is 1. The number of Topliss-reactive ketones (excluding diaryl/α,β-unsaturated/α-hetero) is 1. The van der Waals surface area contributed by atoms with Crippen molar-refractivity contribution in [2.75, 3.05) is 18.0 Å². The van der Waals surface area contributed by atoms with Crippen LogP contribution in [0.25, 0.3) is 0 Å². The van der Waals surface area contributed by atoms with Gasteiger partial charge in [-0.15, -0.1) is 0 Å². The van der Waals surface area contributed by atoms with Gasteiger partial charge in [-0.3, -0.25) is 14.9 Å². The molecular formula is C12H14ClN3O3. The van der Waals surface area contributed by atoms with E-state index in [1.54, 1.807) is 11.8 Å². The number of piperidine rings is 1. The normalized spacial score (nSPS) is 19.3. The fraction of sp³-hybridized carbons (Fsp3) is 0.500. The van der Waals surface area contributed by atoms with Gasteiger partial charge >= 0.3 is 5.69 Å². The van der Waals surface area contributed by atoms with E-state index in [9.17, 15) is 14.9 Å². The summed E-state index contributed by atoms with van der Waals surface area (Å²) in [5.41, 5.74) is -0.114. The largest absolute Gasteiger partial charge is 0.350 e. The average Bonchev–Trinajstić information content (AvgIpc) is 2.38. The van der Waals surface area contributed by atoms with E-state index >= 15 is 0 Å². The van der Waals surface area contributed by atoms with Gasteiger partial charge < -0.3 is 4.90 Å². The number of nitrogens with zero attached hydrogens (tertiary/aromatic N) is 3. The first-order chi connectivity index (χ1) is 8.99. The lowest BCUT2D eigenvalue weighted by molar-refractivity contribution is -0.384. The number of aromatic nitrogens is 1. The van der Waals surface area contributed by atoms with Crippen molar-refractivity contribution >= 4 is 28.9 Å².